The number of sulfonamides is 1. The van der Waals surface area contributed by atoms with Gasteiger partial charge in [-0.15, -0.1) is 0 Å². The molecule has 6 heteroatoms. The monoisotopic (exact) mass is 405 g/mol. The molecule has 3 aromatic carbocycles. The van der Waals surface area contributed by atoms with E-state index in [-0.39, 0.29) is 10.3 Å². The van der Waals surface area contributed by atoms with Crippen molar-refractivity contribution in [1.82, 2.24) is 9.97 Å². The van der Waals surface area contributed by atoms with E-state index in [2.05, 4.69) is 35.5 Å². The molecule has 0 aliphatic rings. The molecule has 0 aliphatic carbocycles. The van der Waals surface area contributed by atoms with Crippen molar-refractivity contribution in [3.05, 3.63) is 78.4 Å². The number of imidazole rings is 1. The quantitative estimate of drug-likeness (QED) is 0.482. The molecule has 0 saturated carbocycles. The summed E-state index contributed by atoms with van der Waals surface area (Å²) in [6, 6.07) is 22.2. The van der Waals surface area contributed by atoms with Crippen molar-refractivity contribution < 1.29 is 8.42 Å². The Morgan fingerprint density at radius 3 is 2.31 bits per heavy atom. The zero-order valence-corrected chi connectivity index (χ0v) is 17.4. The van der Waals surface area contributed by atoms with Crippen LogP contribution in [0.5, 0.6) is 0 Å². The van der Waals surface area contributed by atoms with Crippen LogP contribution in [0.25, 0.3) is 22.4 Å². The molecule has 0 bridgehead atoms. The molecule has 148 valence electrons. The van der Waals surface area contributed by atoms with Gasteiger partial charge in [0.15, 0.2) is 0 Å². The lowest BCUT2D eigenvalue weighted by Gasteiger charge is -2.23. The first kappa shape index (κ1) is 19.2. The predicted molar refractivity (Wildman–Crippen MR) is 117 cm³/mol. The first-order valence-corrected chi connectivity index (χ1v) is 10.9. The molecule has 4 aromatic rings. The number of benzene rings is 3. The average Bonchev–Trinajstić information content (AvgIpc) is 3.11. The number of nitrogens with one attached hydrogen (secondary N) is 2. The van der Waals surface area contributed by atoms with Crippen LogP contribution in [0, 0.1) is 0 Å². The first-order chi connectivity index (χ1) is 13.7. The highest BCUT2D eigenvalue weighted by molar-refractivity contribution is 7.92. The van der Waals surface area contributed by atoms with Crippen LogP contribution in [0.1, 0.15) is 26.3 Å². The Hall–Kier alpha value is -3.12. The van der Waals surface area contributed by atoms with E-state index in [4.69, 9.17) is 0 Å². The van der Waals surface area contributed by atoms with Crippen LogP contribution in [0.4, 0.5) is 5.69 Å². The number of para-hydroxylation sites is 1. The first-order valence-electron chi connectivity index (χ1n) is 9.41. The lowest BCUT2D eigenvalue weighted by Crippen LogP contribution is -2.19. The van der Waals surface area contributed by atoms with Crippen LogP contribution in [-0.4, -0.2) is 18.4 Å². The maximum atomic E-state index is 13.1. The van der Waals surface area contributed by atoms with E-state index in [9.17, 15) is 8.42 Å². The van der Waals surface area contributed by atoms with Gasteiger partial charge in [0.25, 0.3) is 10.0 Å². The van der Waals surface area contributed by atoms with Crippen LogP contribution >= 0.6 is 0 Å². The average molecular weight is 406 g/mol. The number of aromatic amines is 1. The second-order valence-corrected chi connectivity index (χ2v) is 9.71. The zero-order chi connectivity index (χ0) is 20.6. The summed E-state index contributed by atoms with van der Waals surface area (Å²) in [7, 11) is -3.74. The molecular weight excluding hydrogens is 382 g/mol. The summed E-state index contributed by atoms with van der Waals surface area (Å²) in [5.74, 6) is 0.709. The second-order valence-electron chi connectivity index (χ2n) is 8.03. The van der Waals surface area contributed by atoms with Crippen LogP contribution in [0.3, 0.4) is 0 Å². The van der Waals surface area contributed by atoms with Gasteiger partial charge in [0.1, 0.15) is 5.82 Å². The van der Waals surface area contributed by atoms with Crippen molar-refractivity contribution in [1.29, 1.82) is 0 Å². The van der Waals surface area contributed by atoms with E-state index < -0.39 is 10.0 Å². The molecule has 0 aliphatic heterocycles. The van der Waals surface area contributed by atoms with Crippen molar-refractivity contribution >= 4 is 26.7 Å². The summed E-state index contributed by atoms with van der Waals surface area (Å²) >= 11 is 0. The molecule has 0 radical (unpaired) electrons. The third-order valence-electron chi connectivity index (χ3n) is 4.79. The van der Waals surface area contributed by atoms with Gasteiger partial charge in [-0.2, -0.15) is 0 Å². The third kappa shape index (κ3) is 3.89. The predicted octanol–water partition coefficient (Wildman–Crippen LogP) is 5.33. The van der Waals surface area contributed by atoms with Crippen LogP contribution in [0.2, 0.25) is 0 Å². The molecule has 0 atom stereocenters. The SMILES string of the molecule is CC(C)(C)c1ccccc1NS(=O)(=O)c1ccc2nc(-c3ccccc3)[nH]c2c1. The van der Waals surface area contributed by atoms with Crippen molar-refractivity contribution in [2.24, 2.45) is 0 Å². The molecule has 0 spiro atoms. The van der Waals surface area contributed by atoms with Gasteiger partial charge in [-0.3, -0.25) is 4.72 Å². The number of fused-ring (bicyclic) bond motifs is 1. The standard InChI is InChI=1S/C23H23N3O2S/c1-23(2,3)18-11-7-8-12-19(18)26-29(27,28)17-13-14-20-21(15-17)25-22(24-20)16-9-5-4-6-10-16/h4-15,26H,1-3H3,(H,24,25). The maximum Gasteiger partial charge on any atom is 0.261 e. The van der Waals surface area contributed by atoms with Gasteiger partial charge in [0, 0.05) is 5.56 Å². The maximum absolute atomic E-state index is 13.1. The number of nitrogens with zero attached hydrogens (tertiary/aromatic N) is 1. The van der Waals surface area contributed by atoms with Gasteiger partial charge in [-0.05, 0) is 35.2 Å². The van der Waals surface area contributed by atoms with Crippen molar-refractivity contribution in [3.63, 3.8) is 0 Å². The highest BCUT2D eigenvalue weighted by atomic mass is 32.2. The van der Waals surface area contributed by atoms with E-state index in [0.29, 0.717) is 17.0 Å². The van der Waals surface area contributed by atoms with Crippen LogP contribution in [-0.2, 0) is 15.4 Å². The Morgan fingerprint density at radius 1 is 0.897 bits per heavy atom. The van der Waals surface area contributed by atoms with Gasteiger partial charge < -0.3 is 4.98 Å². The zero-order valence-electron chi connectivity index (χ0n) is 16.6. The molecule has 5 nitrogen and oxygen atoms in total. The fraction of sp³-hybridized carbons (Fsp3) is 0.174. The molecular formula is C23H23N3O2S. The molecule has 1 heterocycles. The molecule has 0 fully saturated rings. The minimum atomic E-state index is -3.74. The van der Waals surface area contributed by atoms with E-state index in [1.165, 1.54) is 0 Å². The Morgan fingerprint density at radius 2 is 1.59 bits per heavy atom. The van der Waals surface area contributed by atoms with Gasteiger partial charge in [0.05, 0.1) is 21.6 Å². The number of aromatic nitrogens is 2. The Bertz CT molecular complexity index is 1270. The summed E-state index contributed by atoms with van der Waals surface area (Å²) < 4.78 is 28.9. The van der Waals surface area contributed by atoms with Gasteiger partial charge in [-0.25, -0.2) is 13.4 Å². The Balaban J connectivity index is 1.71. The largest absolute Gasteiger partial charge is 0.338 e. The molecule has 0 saturated heterocycles. The fourth-order valence-electron chi connectivity index (χ4n) is 3.32. The van der Waals surface area contributed by atoms with Gasteiger partial charge in [0.2, 0.25) is 0 Å². The summed E-state index contributed by atoms with van der Waals surface area (Å²) in [5.41, 5.74) is 3.70. The van der Waals surface area contributed by atoms with E-state index in [1.807, 2.05) is 48.5 Å². The lowest BCUT2D eigenvalue weighted by atomic mass is 9.86. The van der Waals surface area contributed by atoms with Crippen molar-refractivity contribution in [2.45, 2.75) is 31.1 Å². The van der Waals surface area contributed by atoms with Gasteiger partial charge >= 0.3 is 0 Å². The van der Waals surface area contributed by atoms with E-state index >= 15 is 0 Å². The topological polar surface area (TPSA) is 74.8 Å². The van der Waals surface area contributed by atoms with Crippen LogP contribution < -0.4 is 4.72 Å². The Kier molecular flexibility index (Phi) is 4.67. The fourth-order valence-corrected chi connectivity index (χ4v) is 4.42. The summed E-state index contributed by atoms with van der Waals surface area (Å²) in [6.45, 7) is 6.17. The highest BCUT2D eigenvalue weighted by Gasteiger charge is 2.22. The smallest absolute Gasteiger partial charge is 0.261 e. The summed E-state index contributed by atoms with van der Waals surface area (Å²) in [4.78, 5) is 7.98. The van der Waals surface area contributed by atoms with E-state index in [1.54, 1.807) is 24.3 Å². The van der Waals surface area contributed by atoms with Crippen LogP contribution in [0.15, 0.2) is 77.7 Å². The minimum Gasteiger partial charge on any atom is -0.338 e. The number of rotatable bonds is 4. The van der Waals surface area contributed by atoms with Crippen molar-refractivity contribution in [2.75, 3.05) is 4.72 Å². The molecule has 1 aromatic heterocycles. The third-order valence-corrected chi connectivity index (χ3v) is 6.15. The Labute approximate surface area is 170 Å². The molecule has 29 heavy (non-hydrogen) atoms. The molecule has 0 amide bonds. The molecule has 2 N–H and O–H groups in total. The molecule has 4 rings (SSSR count). The van der Waals surface area contributed by atoms with E-state index in [0.717, 1.165) is 16.6 Å². The van der Waals surface area contributed by atoms with Gasteiger partial charge in [-0.1, -0.05) is 69.3 Å². The number of anilines is 1. The summed E-state index contributed by atoms with van der Waals surface area (Å²) in [5, 5.41) is 0. The minimum absolute atomic E-state index is 0.184. The number of hydrogen-bond acceptors (Lipinski definition) is 3. The lowest BCUT2D eigenvalue weighted by molar-refractivity contribution is 0.590. The number of H-pyrrole nitrogens is 1. The molecule has 0 unspecified atom stereocenters. The summed E-state index contributed by atoms with van der Waals surface area (Å²) in [6.07, 6.45) is 0. The normalized spacial score (nSPS) is 12.2. The van der Waals surface area contributed by atoms with Crippen molar-refractivity contribution in [3.8, 4) is 11.4 Å². The second kappa shape index (κ2) is 7.04. The highest BCUT2D eigenvalue weighted by Crippen LogP contribution is 2.31. The number of hydrogen-bond donors (Lipinski definition) is 2.